The highest BCUT2D eigenvalue weighted by Crippen LogP contribution is 2.04. The maximum absolute atomic E-state index is 5.14. The number of rotatable bonds is 2. The van der Waals surface area contributed by atoms with Crippen LogP contribution in [0.25, 0.3) is 0 Å². The molecular weight excluding hydrogens is 138 g/mol. The Morgan fingerprint density at radius 1 is 1.45 bits per heavy atom. The third kappa shape index (κ3) is 4.37. The van der Waals surface area contributed by atoms with Crippen molar-refractivity contribution < 1.29 is 4.74 Å². The summed E-state index contributed by atoms with van der Waals surface area (Å²) in [7, 11) is 0. The van der Waals surface area contributed by atoms with Crippen LogP contribution in [0.3, 0.4) is 0 Å². The molecule has 0 unspecified atom stereocenters. The van der Waals surface area contributed by atoms with E-state index in [2.05, 4.69) is 4.98 Å². The van der Waals surface area contributed by atoms with Crippen LogP contribution in [0.4, 0.5) is 0 Å². The van der Waals surface area contributed by atoms with Crippen LogP contribution in [-0.2, 0) is 0 Å². The molecule has 0 amide bonds. The summed E-state index contributed by atoms with van der Waals surface area (Å²) < 4.78 is 5.14. The number of hydrogen-bond donors (Lipinski definition) is 0. The van der Waals surface area contributed by atoms with Gasteiger partial charge in [-0.2, -0.15) is 0 Å². The summed E-state index contributed by atoms with van der Waals surface area (Å²) in [6, 6.07) is 3.74. The lowest BCUT2D eigenvalue weighted by Crippen LogP contribution is -1.90. The summed E-state index contributed by atoms with van der Waals surface area (Å²) in [6.07, 6.45) is 3.42. The molecule has 62 valence electrons. The predicted molar refractivity (Wildman–Crippen MR) is 46.8 cm³/mol. The molecule has 0 aliphatic rings. The maximum Gasteiger partial charge on any atom is 0.137 e. The number of pyridine rings is 1. The second-order valence-corrected chi connectivity index (χ2v) is 1.62. The van der Waals surface area contributed by atoms with Gasteiger partial charge in [0, 0.05) is 6.20 Å². The molecule has 1 aromatic heterocycles. The average Bonchev–Trinajstić information content (AvgIpc) is 2.11. The topological polar surface area (TPSA) is 22.1 Å². The van der Waals surface area contributed by atoms with Crippen LogP contribution in [0.5, 0.6) is 5.75 Å². The van der Waals surface area contributed by atoms with E-state index in [0.29, 0.717) is 6.61 Å². The fourth-order valence-electron chi connectivity index (χ4n) is 0.599. The standard InChI is InChI=1S/C7H9NO.C2H6/c1-2-9-7-4-3-5-8-6-7;1-2/h3-6H,2H2,1H3;1-2H3. The van der Waals surface area contributed by atoms with E-state index >= 15 is 0 Å². The highest BCUT2D eigenvalue weighted by molar-refractivity contribution is 5.14. The van der Waals surface area contributed by atoms with Crippen LogP contribution in [0.15, 0.2) is 24.5 Å². The summed E-state index contributed by atoms with van der Waals surface area (Å²) in [4.78, 5) is 3.88. The van der Waals surface area contributed by atoms with E-state index in [1.54, 1.807) is 12.4 Å². The summed E-state index contributed by atoms with van der Waals surface area (Å²) in [5, 5.41) is 0. The molecule has 0 bridgehead atoms. The minimum atomic E-state index is 0.700. The third-order valence-corrected chi connectivity index (χ3v) is 0.945. The first-order valence-electron chi connectivity index (χ1n) is 3.96. The molecule has 0 aliphatic carbocycles. The smallest absolute Gasteiger partial charge is 0.137 e. The Kier molecular flexibility index (Phi) is 6.39. The van der Waals surface area contributed by atoms with E-state index in [1.807, 2.05) is 32.9 Å². The first-order chi connectivity index (χ1) is 5.43. The second kappa shape index (κ2) is 7.06. The van der Waals surface area contributed by atoms with Crippen molar-refractivity contribution in [2.24, 2.45) is 0 Å². The molecule has 0 atom stereocenters. The van der Waals surface area contributed by atoms with Gasteiger partial charge < -0.3 is 4.74 Å². The molecule has 0 N–H and O–H groups in total. The van der Waals surface area contributed by atoms with Crippen LogP contribution in [-0.4, -0.2) is 11.6 Å². The second-order valence-electron chi connectivity index (χ2n) is 1.62. The fraction of sp³-hybridized carbons (Fsp3) is 0.444. The highest BCUT2D eigenvalue weighted by Gasteiger charge is 1.84. The maximum atomic E-state index is 5.14. The molecule has 0 aliphatic heterocycles. The summed E-state index contributed by atoms with van der Waals surface area (Å²) in [6.45, 7) is 6.65. The Balaban J connectivity index is 0.000000461. The Bertz CT molecular complexity index is 162. The molecule has 2 nitrogen and oxygen atoms in total. The van der Waals surface area contributed by atoms with Gasteiger partial charge >= 0.3 is 0 Å². The first kappa shape index (κ1) is 9.95. The Morgan fingerprint density at radius 2 is 2.18 bits per heavy atom. The van der Waals surface area contributed by atoms with E-state index in [0.717, 1.165) is 5.75 Å². The van der Waals surface area contributed by atoms with Gasteiger partial charge in [-0.3, -0.25) is 4.98 Å². The van der Waals surface area contributed by atoms with Crippen LogP contribution in [0.1, 0.15) is 20.8 Å². The molecule has 11 heavy (non-hydrogen) atoms. The molecule has 1 aromatic rings. The molecule has 0 spiro atoms. The zero-order valence-corrected chi connectivity index (χ0v) is 7.37. The SMILES string of the molecule is CC.CCOc1cccnc1. The molecule has 0 saturated heterocycles. The Labute approximate surface area is 68.2 Å². The van der Waals surface area contributed by atoms with Crippen LogP contribution in [0.2, 0.25) is 0 Å². The van der Waals surface area contributed by atoms with Gasteiger partial charge in [-0.15, -0.1) is 0 Å². The van der Waals surface area contributed by atoms with Crippen LogP contribution in [0, 0.1) is 0 Å². The quantitative estimate of drug-likeness (QED) is 0.651. The van der Waals surface area contributed by atoms with Crippen molar-refractivity contribution in [3.8, 4) is 5.75 Å². The van der Waals surface area contributed by atoms with Gasteiger partial charge in [0.15, 0.2) is 0 Å². The minimum Gasteiger partial charge on any atom is -0.492 e. The normalized spacial score (nSPS) is 7.91. The van der Waals surface area contributed by atoms with Crippen molar-refractivity contribution in [2.45, 2.75) is 20.8 Å². The Hall–Kier alpha value is -1.05. The van der Waals surface area contributed by atoms with E-state index in [9.17, 15) is 0 Å². The van der Waals surface area contributed by atoms with Crippen molar-refractivity contribution in [1.82, 2.24) is 4.98 Å². The van der Waals surface area contributed by atoms with E-state index < -0.39 is 0 Å². The van der Waals surface area contributed by atoms with Gasteiger partial charge in [0.25, 0.3) is 0 Å². The molecule has 2 heteroatoms. The van der Waals surface area contributed by atoms with Gasteiger partial charge in [0.2, 0.25) is 0 Å². The summed E-state index contributed by atoms with van der Waals surface area (Å²) in [5.41, 5.74) is 0. The van der Waals surface area contributed by atoms with Crippen molar-refractivity contribution in [1.29, 1.82) is 0 Å². The number of ether oxygens (including phenoxy) is 1. The molecule has 1 rings (SSSR count). The molecule has 1 heterocycles. The summed E-state index contributed by atoms with van der Waals surface area (Å²) in [5.74, 6) is 0.833. The molecule has 0 radical (unpaired) electrons. The fourth-order valence-corrected chi connectivity index (χ4v) is 0.599. The molecule has 0 aromatic carbocycles. The number of nitrogens with zero attached hydrogens (tertiary/aromatic N) is 1. The average molecular weight is 153 g/mol. The zero-order valence-electron chi connectivity index (χ0n) is 7.37. The highest BCUT2D eigenvalue weighted by atomic mass is 16.5. The van der Waals surface area contributed by atoms with Gasteiger partial charge in [-0.25, -0.2) is 0 Å². The van der Waals surface area contributed by atoms with Crippen molar-refractivity contribution in [3.05, 3.63) is 24.5 Å². The lowest BCUT2D eigenvalue weighted by Gasteiger charge is -1.98. The van der Waals surface area contributed by atoms with Gasteiger partial charge in [-0.05, 0) is 19.1 Å². The van der Waals surface area contributed by atoms with E-state index in [1.165, 1.54) is 0 Å². The lowest BCUT2D eigenvalue weighted by atomic mass is 10.5. The minimum absolute atomic E-state index is 0.700. The van der Waals surface area contributed by atoms with Gasteiger partial charge in [0.1, 0.15) is 5.75 Å². The number of hydrogen-bond acceptors (Lipinski definition) is 2. The van der Waals surface area contributed by atoms with Crippen molar-refractivity contribution >= 4 is 0 Å². The first-order valence-corrected chi connectivity index (χ1v) is 3.96. The third-order valence-electron chi connectivity index (χ3n) is 0.945. The molecule has 0 saturated carbocycles. The van der Waals surface area contributed by atoms with Crippen molar-refractivity contribution in [2.75, 3.05) is 6.61 Å². The Morgan fingerprint density at radius 3 is 2.64 bits per heavy atom. The summed E-state index contributed by atoms with van der Waals surface area (Å²) >= 11 is 0. The monoisotopic (exact) mass is 153 g/mol. The van der Waals surface area contributed by atoms with Crippen molar-refractivity contribution in [3.63, 3.8) is 0 Å². The largest absolute Gasteiger partial charge is 0.492 e. The van der Waals surface area contributed by atoms with E-state index in [-0.39, 0.29) is 0 Å². The zero-order chi connectivity index (χ0) is 8.53. The van der Waals surface area contributed by atoms with Crippen LogP contribution < -0.4 is 4.74 Å². The predicted octanol–water partition coefficient (Wildman–Crippen LogP) is 2.51. The molecule has 0 fully saturated rings. The van der Waals surface area contributed by atoms with Gasteiger partial charge in [0.05, 0.1) is 12.8 Å². The van der Waals surface area contributed by atoms with Crippen LogP contribution >= 0.6 is 0 Å². The number of aromatic nitrogens is 1. The lowest BCUT2D eigenvalue weighted by molar-refractivity contribution is 0.339. The molecular formula is C9H15NO. The van der Waals surface area contributed by atoms with E-state index in [4.69, 9.17) is 4.74 Å². The van der Waals surface area contributed by atoms with Gasteiger partial charge in [-0.1, -0.05) is 13.8 Å².